The van der Waals surface area contributed by atoms with Gasteiger partial charge in [-0.05, 0) is 37.4 Å². The normalized spacial score (nSPS) is 19.6. The zero-order valence-electron chi connectivity index (χ0n) is 13.0. The first-order valence-corrected chi connectivity index (χ1v) is 7.30. The van der Waals surface area contributed by atoms with Gasteiger partial charge in [0.1, 0.15) is 5.75 Å². The van der Waals surface area contributed by atoms with Crippen LogP contribution < -0.4 is 26.8 Å². The van der Waals surface area contributed by atoms with Gasteiger partial charge in [0.2, 0.25) is 5.91 Å². The molecule has 1 fully saturated rings. The van der Waals surface area contributed by atoms with Crippen molar-refractivity contribution in [3.05, 3.63) is 18.2 Å². The van der Waals surface area contributed by atoms with Crippen LogP contribution >= 0.6 is 12.4 Å². The predicted molar refractivity (Wildman–Crippen MR) is 92.0 cm³/mol. The van der Waals surface area contributed by atoms with Crippen molar-refractivity contribution in [2.24, 2.45) is 23.3 Å². The van der Waals surface area contributed by atoms with E-state index in [-0.39, 0.29) is 30.2 Å². The van der Waals surface area contributed by atoms with Crippen LogP contribution in [-0.4, -0.2) is 25.6 Å². The van der Waals surface area contributed by atoms with Gasteiger partial charge in [-0.15, -0.1) is 12.4 Å². The molecule has 23 heavy (non-hydrogen) atoms. The number of amides is 3. The highest BCUT2D eigenvalue weighted by Crippen LogP contribution is 2.33. The third-order valence-corrected chi connectivity index (χ3v) is 4.03. The Morgan fingerprint density at radius 3 is 2.65 bits per heavy atom. The van der Waals surface area contributed by atoms with E-state index in [2.05, 4.69) is 10.6 Å². The Hall–Kier alpha value is -1.99. The van der Waals surface area contributed by atoms with Gasteiger partial charge in [0.15, 0.2) is 0 Å². The van der Waals surface area contributed by atoms with Crippen molar-refractivity contribution in [2.75, 3.05) is 24.3 Å². The molecule has 8 heteroatoms. The summed E-state index contributed by atoms with van der Waals surface area (Å²) in [5.41, 5.74) is 11.9. The van der Waals surface area contributed by atoms with Gasteiger partial charge < -0.3 is 26.8 Å². The van der Waals surface area contributed by atoms with Gasteiger partial charge >= 0.3 is 6.03 Å². The average molecular weight is 343 g/mol. The molecule has 0 heterocycles. The van der Waals surface area contributed by atoms with Crippen LogP contribution in [0.15, 0.2) is 18.2 Å². The van der Waals surface area contributed by atoms with Gasteiger partial charge in [-0.25, -0.2) is 4.79 Å². The first-order valence-electron chi connectivity index (χ1n) is 7.30. The minimum atomic E-state index is -0.674. The van der Waals surface area contributed by atoms with Gasteiger partial charge in [-0.3, -0.25) is 4.79 Å². The molecule has 0 aliphatic heterocycles. The molecular weight excluding hydrogens is 320 g/mol. The van der Waals surface area contributed by atoms with Crippen LogP contribution in [0, 0.1) is 11.8 Å². The summed E-state index contributed by atoms with van der Waals surface area (Å²) in [5, 5.41) is 5.35. The molecule has 0 bridgehead atoms. The molecular formula is C15H23ClN4O3. The minimum absolute atomic E-state index is 0. The molecule has 1 aromatic carbocycles. The van der Waals surface area contributed by atoms with Crippen LogP contribution in [-0.2, 0) is 4.79 Å². The van der Waals surface area contributed by atoms with Gasteiger partial charge in [0.25, 0.3) is 0 Å². The number of nitrogens with one attached hydrogen (secondary N) is 2. The number of ether oxygens (including phenoxy) is 1. The third kappa shape index (κ3) is 4.74. The fourth-order valence-corrected chi connectivity index (χ4v) is 2.90. The van der Waals surface area contributed by atoms with E-state index in [1.54, 1.807) is 18.2 Å². The Morgan fingerprint density at radius 2 is 2.04 bits per heavy atom. The van der Waals surface area contributed by atoms with Crippen LogP contribution in [0.4, 0.5) is 16.2 Å². The SMILES string of the molecule is COc1cc(NC(=O)[C@@H]2CCC[C@@H]2CN)ccc1NC(N)=O.Cl. The Kier molecular flexibility index (Phi) is 7.12. The molecule has 0 saturated heterocycles. The Morgan fingerprint density at radius 1 is 1.30 bits per heavy atom. The molecule has 1 aromatic rings. The number of urea groups is 1. The maximum atomic E-state index is 12.3. The maximum absolute atomic E-state index is 12.3. The van der Waals surface area contributed by atoms with E-state index in [1.165, 1.54) is 7.11 Å². The van der Waals surface area contributed by atoms with E-state index >= 15 is 0 Å². The summed E-state index contributed by atoms with van der Waals surface area (Å²) in [4.78, 5) is 23.3. The highest BCUT2D eigenvalue weighted by molar-refractivity contribution is 5.94. The van der Waals surface area contributed by atoms with Gasteiger partial charge in [-0.1, -0.05) is 6.42 Å². The zero-order valence-corrected chi connectivity index (χ0v) is 13.8. The summed E-state index contributed by atoms with van der Waals surface area (Å²) in [6, 6.07) is 4.30. The lowest BCUT2D eigenvalue weighted by Gasteiger charge is -2.18. The molecule has 7 nitrogen and oxygen atoms in total. The molecule has 1 aliphatic carbocycles. The van der Waals surface area contributed by atoms with E-state index in [1.807, 2.05) is 0 Å². The standard InChI is InChI=1S/C15H22N4O3.ClH/c1-22-13-7-10(5-6-12(13)19-15(17)21)18-14(20)11-4-2-3-9(11)8-16;/h5-7,9,11H,2-4,8,16H2,1H3,(H,18,20)(H3,17,19,21);1H/t9-,11-;/m1./s1. The lowest BCUT2D eigenvalue weighted by atomic mass is 9.95. The van der Waals surface area contributed by atoms with Crippen LogP contribution in [0.5, 0.6) is 5.75 Å². The number of primary amides is 1. The Labute approximate surface area is 141 Å². The lowest BCUT2D eigenvalue weighted by molar-refractivity contribution is -0.120. The zero-order chi connectivity index (χ0) is 16.1. The third-order valence-electron chi connectivity index (χ3n) is 4.03. The van der Waals surface area contributed by atoms with Crippen molar-refractivity contribution >= 4 is 35.7 Å². The Bertz CT molecular complexity index is 568. The number of carbonyl (C=O) groups excluding carboxylic acids is 2. The maximum Gasteiger partial charge on any atom is 0.316 e. The second kappa shape index (κ2) is 8.59. The van der Waals surface area contributed by atoms with Crippen molar-refractivity contribution < 1.29 is 14.3 Å². The molecule has 1 aliphatic rings. The summed E-state index contributed by atoms with van der Waals surface area (Å²) in [6.07, 6.45) is 2.90. The van der Waals surface area contributed by atoms with E-state index in [9.17, 15) is 9.59 Å². The van der Waals surface area contributed by atoms with Gasteiger partial charge in [-0.2, -0.15) is 0 Å². The molecule has 2 rings (SSSR count). The first kappa shape index (κ1) is 19.1. The molecule has 0 radical (unpaired) electrons. The lowest BCUT2D eigenvalue weighted by Crippen LogP contribution is -2.29. The van der Waals surface area contributed by atoms with Crippen molar-refractivity contribution in [3.63, 3.8) is 0 Å². The van der Waals surface area contributed by atoms with E-state index in [0.717, 1.165) is 19.3 Å². The van der Waals surface area contributed by atoms with Crippen LogP contribution in [0.2, 0.25) is 0 Å². The fourth-order valence-electron chi connectivity index (χ4n) is 2.90. The van der Waals surface area contributed by atoms with Crippen LogP contribution in [0.25, 0.3) is 0 Å². The molecule has 0 unspecified atom stereocenters. The smallest absolute Gasteiger partial charge is 0.316 e. The van der Waals surface area contributed by atoms with Crippen molar-refractivity contribution in [1.82, 2.24) is 0 Å². The number of benzene rings is 1. The molecule has 0 aromatic heterocycles. The Balaban J connectivity index is 0.00000264. The molecule has 2 atom stereocenters. The number of rotatable bonds is 5. The molecule has 6 N–H and O–H groups in total. The first-order chi connectivity index (χ1) is 10.5. The number of hydrogen-bond acceptors (Lipinski definition) is 4. The molecule has 3 amide bonds. The number of nitrogens with two attached hydrogens (primary N) is 2. The monoisotopic (exact) mass is 342 g/mol. The van der Waals surface area contributed by atoms with Crippen LogP contribution in [0.3, 0.4) is 0 Å². The quantitative estimate of drug-likeness (QED) is 0.653. The van der Waals surface area contributed by atoms with Crippen LogP contribution in [0.1, 0.15) is 19.3 Å². The topological polar surface area (TPSA) is 119 Å². The summed E-state index contributed by atoms with van der Waals surface area (Å²) in [7, 11) is 1.48. The number of hydrogen-bond donors (Lipinski definition) is 4. The average Bonchev–Trinajstić information content (AvgIpc) is 2.96. The highest BCUT2D eigenvalue weighted by Gasteiger charge is 2.31. The summed E-state index contributed by atoms with van der Waals surface area (Å²) < 4.78 is 5.19. The van der Waals surface area contributed by atoms with Crippen molar-refractivity contribution in [1.29, 1.82) is 0 Å². The number of halogens is 1. The van der Waals surface area contributed by atoms with Crippen molar-refractivity contribution in [3.8, 4) is 5.75 Å². The van der Waals surface area contributed by atoms with E-state index in [4.69, 9.17) is 16.2 Å². The van der Waals surface area contributed by atoms with E-state index in [0.29, 0.717) is 23.7 Å². The predicted octanol–water partition coefficient (Wildman–Crippen LogP) is 1.92. The second-order valence-electron chi connectivity index (χ2n) is 5.43. The summed E-state index contributed by atoms with van der Waals surface area (Å²) in [6.45, 7) is 0.531. The second-order valence-corrected chi connectivity index (χ2v) is 5.43. The highest BCUT2D eigenvalue weighted by atomic mass is 35.5. The molecule has 0 spiro atoms. The molecule has 1 saturated carbocycles. The van der Waals surface area contributed by atoms with E-state index < -0.39 is 6.03 Å². The summed E-state index contributed by atoms with van der Waals surface area (Å²) in [5.74, 6) is 0.612. The van der Waals surface area contributed by atoms with Crippen molar-refractivity contribution in [2.45, 2.75) is 19.3 Å². The number of carbonyl (C=O) groups is 2. The van der Waals surface area contributed by atoms with Gasteiger partial charge in [0, 0.05) is 17.7 Å². The molecule has 128 valence electrons. The van der Waals surface area contributed by atoms with Gasteiger partial charge in [0.05, 0.1) is 12.8 Å². The summed E-state index contributed by atoms with van der Waals surface area (Å²) >= 11 is 0. The minimum Gasteiger partial charge on any atom is -0.494 e. The number of anilines is 2. The number of methoxy groups -OCH3 is 1. The fraction of sp³-hybridized carbons (Fsp3) is 0.467. The largest absolute Gasteiger partial charge is 0.494 e.